The van der Waals surface area contributed by atoms with Crippen LogP contribution in [0, 0.1) is 11.6 Å². The number of nitrogens with zero attached hydrogens (tertiary/aromatic N) is 1. The fraction of sp³-hybridized carbons (Fsp3) is 0.0952. The first kappa shape index (κ1) is 16.3. The van der Waals surface area contributed by atoms with Gasteiger partial charge in [0.25, 0.3) is 0 Å². The molecule has 0 unspecified atom stereocenters. The van der Waals surface area contributed by atoms with Gasteiger partial charge in [-0.1, -0.05) is 36.4 Å². The second-order valence-electron chi connectivity index (χ2n) is 6.14. The van der Waals surface area contributed by atoms with Crippen LogP contribution in [0.15, 0.2) is 72.8 Å². The number of nitrogens with one attached hydrogen (secondary N) is 2. The number of hydrogen-bond donors (Lipinski definition) is 2. The first-order chi connectivity index (χ1) is 12.7. The van der Waals surface area contributed by atoms with E-state index >= 15 is 0 Å². The highest BCUT2D eigenvalue weighted by molar-refractivity contribution is 5.77. The van der Waals surface area contributed by atoms with Gasteiger partial charge in [0.2, 0.25) is 5.95 Å². The maximum Gasteiger partial charge on any atom is 0.201 e. The summed E-state index contributed by atoms with van der Waals surface area (Å²) in [5, 5.41) is 3.31. The second-order valence-corrected chi connectivity index (χ2v) is 6.14. The van der Waals surface area contributed by atoms with E-state index in [2.05, 4.69) is 15.3 Å². The number of halogens is 2. The normalized spacial score (nSPS) is 11.2. The van der Waals surface area contributed by atoms with Gasteiger partial charge in [-0.3, -0.25) is 0 Å². The number of para-hydroxylation sites is 2. The van der Waals surface area contributed by atoms with E-state index in [0.717, 1.165) is 22.2 Å². The average Bonchev–Trinajstić information content (AvgIpc) is 3.07. The highest BCUT2D eigenvalue weighted by Gasteiger charge is 2.15. The summed E-state index contributed by atoms with van der Waals surface area (Å²) < 4.78 is 26.6. The lowest BCUT2D eigenvalue weighted by Crippen LogP contribution is -2.15. The van der Waals surface area contributed by atoms with Crippen molar-refractivity contribution in [1.82, 2.24) is 9.97 Å². The smallest absolute Gasteiger partial charge is 0.201 e. The van der Waals surface area contributed by atoms with Crippen LogP contribution in [0.4, 0.5) is 14.7 Å². The van der Waals surface area contributed by atoms with Crippen LogP contribution in [0.2, 0.25) is 0 Å². The van der Waals surface area contributed by atoms with Gasteiger partial charge in [-0.25, -0.2) is 13.8 Å². The number of fused-ring (bicyclic) bond motifs is 1. The highest BCUT2D eigenvalue weighted by atomic mass is 19.1. The van der Waals surface area contributed by atoms with Crippen molar-refractivity contribution in [2.45, 2.75) is 5.92 Å². The zero-order valence-corrected chi connectivity index (χ0v) is 13.9. The van der Waals surface area contributed by atoms with Crippen LogP contribution in [0.1, 0.15) is 17.0 Å². The lowest BCUT2D eigenvalue weighted by atomic mass is 9.91. The third-order valence-electron chi connectivity index (χ3n) is 4.41. The molecule has 130 valence electrons. The molecule has 0 saturated carbocycles. The number of anilines is 1. The van der Waals surface area contributed by atoms with Gasteiger partial charge in [-0.05, 0) is 47.5 Å². The van der Waals surface area contributed by atoms with E-state index in [1.54, 1.807) is 24.3 Å². The maximum atomic E-state index is 13.3. The average molecular weight is 349 g/mol. The topological polar surface area (TPSA) is 40.7 Å². The van der Waals surface area contributed by atoms with Crippen LogP contribution in [-0.4, -0.2) is 16.5 Å². The van der Waals surface area contributed by atoms with Crippen LogP contribution >= 0.6 is 0 Å². The molecular formula is C21H17F2N3. The van der Waals surface area contributed by atoms with Crippen molar-refractivity contribution < 1.29 is 8.78 Å². The van der Waals surface area contributed by atoms with E-state index in [0.29, 0.717) is 12.5 Å². The molecule has 4 aromatic rings. The summed E-state index contributed by atoms with van der Waals surface area (Å²) in [6, 6.07) is 20.6. The molecule has 5 heteroatoms. The minimum absolute atomic E-state index is 0.0654. The number of rotatable bonds is 5. The van der Waals surface area contributed by atoms with Gasteiger partial charge in [-0.15, -0.1) is 0 Å². The molecule has 2 N–H and O–H groups in total. The first-order valence-electron chi connectivity index (χ1n) is 8.38. The number of H-pyrrole nitrogens is 1. The maximum absolute atomic E-state index is 13.3. The van der Waals surface area contributed by atoms with Crippen molar-refractivity contribution in [2.75, 3.05) is 11.9 Å². The standard InChI is InChI=1S/C21H17F2N3/c22-16-9-5-14(6-10-16)18(15-7-11-17(23)12-8-15)13-24-21-25-19-3-1-2-4-20(19)26-21/h1-12,18H,13H2,(H2,24,25,26). The molecule has 1 heterocycles. The van der Waals surface area contributed by atoms with Crippen molar-refractivity contribution in [1.29, 1.82) is 0 Å². The van der Waals surface area contributed by atoms with Crippen molar-refractivity contribution >= 4 is 17.0 Å². The van der Waals surface area contributed by atoms with Crippen LogP contribution in [0.5, 0.6) is 0 Å². The second kappa shape index (κ2) is 6.96. The molecule has 0 saturated heterocycles. The zero-order valence-electron chi connectivity index (χ0n) is 13.9. The number of imidazole rings is 1. The molecule has 0 amide bonds. The Hall–Kier alpha value is -3.21. The molecule has 0 aliphatic carbocycles. The van der Waals surface area contributed by atoms with E-state index in [-0.39, 0.29) is 17.6 Å². The van der Waals surface area contributed by atoms with Gasteiger partial charge < -0.3 is 10.3 Å². The summed E-state index contributed by atoms with van der Waals surface area (Å²) in [5.41, 5.74) is 3.73. The predicted molar refractivity (Wildman–Crippen MR) is 99.2 cm³/mol. The van der Waals surface area contributed by atoms with Gasteiger partial charge in [0.05, 0.1) is 11.0 Å². The van der Waals surface area contributed by atoms with Crippen LogP contribution in [0.25, 0.3) is 11.0 Å². The Kier molecular flexibility index (Phi) is 4.35. The highest BCUT2D eigenvalue weighted by Crippen LogP contribution is 2.26. The Morgan fingerprint density at radius 1 is 0.808 bits per heavy atom. The molecule has 0 aliphatic rings. The first-order valence-corrected chi connectivity index (χ1v) is 8.38. The van der Waals surface area contributed by atoms with Crippen molar-refractivity contribution in [3.63, 3.8) is 0 Å². The Morgan fingerprint density at radius 3 is 1.96 bits per heavy atom. The Bertz CT molecular complexity index is 929. The van der Waals surface area contributed by atoms with E-state index in [1.807, 2.05) is 24.3 Å². The minimum atomic E-state index is -0.281. The molecule has 0 bridgehead atoms. The van der Waals surface area contributed by atoms with Gasteiger partial charge in [0, 0.05) is 12.5 Å². The van der Waals surface area contributed by atoms with Gasteiger partial charge in [0.1, 0.15) is 11.6 Å². The summed E-state index contributed by atoms with van der Waals surface area (Å²) in [4.78, 5) is 7.74. The lowest BCUT2D eigenvalue weighted by molar-refractivity contribution is 0.625. The summed E-state index contributed by atoms with van der Waals surface area (Å²) in [6.07, 6.45) is 0. The van der Waals surface area contributed by atoms with Crippen molar-refractivity contribution in [3.05, 3.63) is 95.6 Å². The van der Waals surface area contributed by atoms with Gasteiger partial charge in [0.15, 0.2) is 0 Å². The van der Waals surface area contributed by atoms with Crippen molar-refractivity contribution in [2.24, 2.45) is 0 Å². The fourth-order valence-electron chi connectivity index (χ4n) is 3.05. The molecule has 0 atom stereocenters. The van der Waals surface area contributed by atoms with Crippen LogP contribution < -0.4 is 5.32 Å². The number of aromatic amines is 1. The van der Waals surface area contributed by atoms with Crippen LogP contribution in [-0.2, 0) is 0 Å². The largest absolute Gasteiger partial charge is 0.355 e. The van der Waals surface area contributed by atoms with E-state index in [1.165, 1.54) is 24.3 Å². The zero-order chi connectivity index (χ0) is 17.9. The van der Waals surface area contributed by atoms with E-state index < -0.39 is 0 Å². The molecule has 1 aromatic heterocycles. The lowest BCUT2D eigenvalue weighted by Gasteiger charge is -2.18. The summed E-state index contributed by atoms with van der Waals surface area (Å²) in [5.74, 6) is 0.0403. The summed E-state index contributed by atoms with van der Waals surface area (Å²) >= 11 is 0. The summed E-state index contributed by atoms with van der Waals surface area (Å²) in [6.45, 7) is 0.539. The monoisotopic (exact) mass is 349 g/mol. The third-order valence-corrected chi connectivity index (χ3v) is 4.41. The molecule has 0 fully saturated rings. The van der Waals surface area contributed by atoms with Gasteiger partial charge in [-0.2, -0.15) is 0 Å². The third kappa shape index (κ3) is 3.42. The van der Waals surface area contributed by atoms with E-state index in [4.69, 9.17) is 0 Å². The van der Waals surface area contributed by atoms with E-state index in [9.17, 15) is 8.78 Å². The fourth-order valence-corrected chi connectivity index (χ4v) is 3.05. The van der Waals surface area contributed by atoms with Gasteiger partial charge >= 0.3 is 0 Å². The van der Waals surface area contributed by atoms with Crippen LogP contribution in [0.3, 0.4) is 0 Å². The molecular weight excluding hydrogens is 332 g/mol. The molecule has 26 heavy (non-hydrogen) atoms. The Morgan fingerprint density at radius 2 is 1.38 bits per heavy atom. The molecule has 0 aliphatic heterocycles. The number of hydrogen-bond acceptors (Lipinski definition) is 2. The summed E-state index contributed by atoms with van der Waals surface area (Å²) in [7, 11) is 0. The number of aromatic nitrogens is 2. The molecule has 0 radical (unpaired) electrons. The predicted octanol–water partition coefficient (Wildman–Crippen LogP) is 5.09. The molecule has 0 spiro atoms. The molecule has 4 rings (SSSR count). The van der Waals surface area contributed by atoms with Crippen molar-refractivity contribution in [3.8, 4) is 0 Å². The molecule has 3 aromatic carbocycles. The Balaban J connectivity index is 1.61. The number of benzene rings is 3. The molecule has 3 nitrogen and oxygen atoms in total. The minimum Gasteiger partial charge on any atom is -0.355 e. The Labute approximate surface area is 149 Å². The SMILES string of the molecule is Fc1ccc(C(CNc2nc3ccccc3[nH]2)c2ccc(F)cc2)cc1. The quantitative estimate of drug-likeness (QED) is 0.527.